The van der Waals surface area contributed by atoms with Gasteiger partial charge in [0, 0.05) is 19.6 Å². The van der Waals surface area contributed by atoms with Crippen LogP contribution in [0.15, 0.2) is 18.2 Å². The van der Waals surface area contributed by atoms with Gasteiger partial charge in [-0.3, -0.25) is 4.90 Å². The van der Waals surface area contributed by atoms with Crippen molar-refractivity contribution in [1.82, 2.24) is 4.90 Å². The van der Waals surface area contributed by atoms with Crippen LogP contribution in [0.4, 0.5) is 13.2 Å². The van der Waals surface area contributed by atoms with Crippen molar-refractivity contribution in [3.05, 3.63) is 29.3 Å². The summed E-state index contributed by atoms with van der Waals surface area (Å²) in [4.78, 5) is 2.12. The zero-order valence-electron chi connectivity index (χ0n) is 10.9. The highest BCUT2D eigenvalue weighted by molar-refractivity contribution is 5.38. The van der Waals surface area contributed by atoms with E-state index in [4.69, 9.17) is 4.74 Å². The molecule has 20 heavy (non-hydrogen) atoms. The maximum absolute atomic E-state index is 12.7. The summed E-state index contributed by atoms with van der Waals surface area (Å²) in [6, 6.07) is 3.70. The minimum atomic E-state index is -4.52. The van der Waals surface area contributed by atoms with Crippen LogP contribution in [-0.4, -0.2) is 35.3 Å². The van der Waals surface area contributed by atoms with Gasteiger partial charge in [-0.1, -0.05) is 6.07 Å². The molecule has 0 aliphatic carbocycles. The van der Waals surface area contributed by atoms with E-state index in [0.717, 1.165) is 38.1 Å². The molecule has 110 valence electrons. The van der Waals surface area contributed by atoms with Crippen LogP contribution in [0.25, 0.3) is 0 Å². The highest BCUT2D eigenvalue weighted by Gasteiger charge is 2.35. The summed E-state index contributed by atoms with van der Waals surface area (Å²) in [6.45, 7) is 1.98. The molecule has 0 radical (unpaired) electrons. The molecule has 2 atom stereocenters. The van der Waals surface area contributed by atoms with Crippen molar-refractivity contribution in [3.8, 4) is 5.75 Å². The number of rotatable bonds is 2. The van der Waals surface area contributed by atoms with E-state index in [9.17, 15) is 18.3 Å². The molecule has 0 saturated carbocycles. The molecule has 2 unspecified atom stereocenters. The molecule has 3 nitrogen and oxygen atoms in total. The fourth-order valence-corrected chi connectivity index (χ4v) is 3.00. The number of benzene rings is 1. The summed E-state index contributed by atoms with van der Waals surface area (Å²) in [5.41, 5.74) is -0.400. The van der Waals surface area contributed by atoms with Gasteiger partial charge in [-0.15, -0.1) is 0 Å². The van der Waals surface area contributed by atoms with Crippen LogP contribution in [0.2, 0.25) is 0 Å². The molecule has 6 heteroatoms. The molecule has 1 aromatic rings. The first kappa shape index (κ1) is 13.7. The molecule has 2 saturated heterocycles. The van der Waals surface area contributed by atoms with E-state index in [1.54, 1.807) is 6.07 Å². The number of alkyl halides is 3. The summed E-state index contributed by atoms with van der Waals surface area (Å²) in [5.74, 6) is -0.719. The number of hydrogen-bond acceptors (Lipinski definition) is 3. The third-order valence-corrected chi connectivity index (χ3v) is 3.89. The van der Waals surface area contributed by atoms with E-state index < -0.39 is 17.5 Å². The third-order valence-electron chi connectivity index (χ3n) is 3.89. The van der Waals surface area contributed by atoms with E-state index in [1.807, 2.05) is 0 Å². The molecular formula is C14H16F3NO2. The van der Waals surface area contributed by atoms with Crippen LogP contribution in [0.5, 0.6) is 5.75 Å². The summed E-state index contributed by atoms with van der Waals surface area (Å²) < 4.78 is 43.9. The van der Waals surface area contributed by atoms with E-state index in [2.05, 4.69) is 4.90 Å². The normalized spacial score (nSPS) is 26.9. The summed E-state index contributed by atoms with van der Waals surface area (Å²) in [7, 11) is 0. The second-order valence-corrected chi connectivity index (χ2v) is 5.50. The van der Waals surface area contributed by atoms with Crippen molar-refractivity contribution in [1.29, 1.82) is 0 Å². The Morgan fingerprint density at radius 1 is 1.20 bits per heavy atom. The van der Waals surface area contributed by atoms with Gasteiger partial charge >= 0.3 is 6.18 Å². The lowest BCUT2D eigenvalue weighted by Crippen LogP contribution is -2.41. The molecule has 1 N–H and O–H groups in total. The maximum Gasteiger partial charge on any atom is 0.419 e. The molecule has 3 rings (SSSR count). The van der Waals surface area contributed by atoms with Crippen molar-refractivity contribution < 1.29 is 23.0 Å². The minimum Gasteiger partial charge on any atom is -0.507 e. The number of phenols is 1. The molecule has 0 amide bonds. The predicted molar refractivity (Wildman–Crippen MR) is 66.3 cm³/mol. The Kier molecular flexibility index (Phi) is 3.38. The molecule has 1 aromatic carbocycles. The summed E-state index contributed by atoms with van der Waals surface area (Å²) in [5, 5.41) is 9.32. The molecule has 0 aromatic heterocycles. The number of hydrogen-bond donors (Lipinski definition) is 1. The van der Waals surface area contributed by atoms with Gasteiger partial charge in [-0.2, -0.15) is 13.2 Å². The van der Waals surface area contributed by atoms with Crippen molar-refractivity contribution in [2.75, 3.05) is 13.1 Å². The number of phenolic OH excluding ortho intramolecular Hbond substituents is 1. The molecule has 2 aliphatic heterocycles. The van der Waals surface area contributed by atoms with Crippen LogP contribution in [-0.2, 0) is 17.5 Å². The number of fused-ring (bicyclic) bond motifs is 2. The predicted octanol–water partition coefficient (Wildman–Crippen LogP) is 2.77. The van der Waals surface area contributed by atoms with Crippen LogP contribution < -0.4 is 0 Å². The van der Waals surface area contributed by atoms with E-state index in [0.29, 0.717) is 12.1 Å². The smallest absolute Gasteiger partial charge is 0.419 e. The second-order valence-electron chi connectivity index (χ2n) is 5.50. The highest BCUT2D eigenvalue weighted by atomic mass is 19.4. The van der Waals surface area contributed by atoms with Gasteiger partial charge in [-0.25, -0.2) is 0 Å². The van der Waals surface area contributed by atoms with Gasteiger partial charge in [0.05, 0.1) is 17.8 Å². The highest BCUT2D eigenvalue weighted by Crippen LogP contribution is 2.36. The van der Waals surface area contributed by atoms with Crippen molar-refractivity contribution in [2.24, 2.45) is 0 Å². The van der Waals surface area contributed by atoms with Gasteiger partial charge in [-0.05, 0) is 30.5 Å². The largest absolute Gasteiger partial charge is 0.507 e. The molecule has 2 bridgehead atoms. The lowest BCUT2D eigenvalue weighted by molar-refractivity contribution is -0.138. The number of morpholine rings is 1. The monoisotopic (exact) mass is 287 g/mol. The third kappa shape index (κ3) is 2.76. The Hall–Kier alpha value is -1.27. The van der Waals surface area contributed by atoms with E-state index in [1.165, 1.54) is 0 Å². The number of ether oxygens (including phenoxy) is 1. The Morgan fingerprint density at radius 2 is 1.85 bits per heavy atom. The first-order valence-corrected chi connectivity index (χ1v) is 6.69. The molecule has 2 fully saturated rings. The fraction of sp³-hybridized carbons (Fsp3) is 0.571. The van der Waals surface area contributed by atoms with Crippen LogP contribution in [0.1, 0.15) is 24.0 Å². The van der Waals surface area contributed by atoms with E-state index in [-0.39, 0.29) is 12.2 Å². The van der Waals surface area contributed by atoms with Gasteiger partial charge in [0.25, 0.3) is 0 Å². The van der Waals surface area contributed by atoms with Gasteiger partial charge in [0.1, 0.15) is 5.75 Å². The average Bonchev–Trinajstić information content (AvgIpc) is 2.70. The van der Waals surface area contributed by atoms with Gasteiger partial charge < -0.3 is 9.84 Å². The topological polar surface area (TPSA) is 32.7 Å². The lowest BCUT2D eigenvalue weighted by atomic mass is 10.1. The quantitative estimate of drug-likeness (QED) is 0.908. The van der Waals surface area contributed by atoms with E-state index >= 15 is 0 Å². The summed E-state index contributed by atoms with van der Waals surface area (Å²) in [6.07, 6.45) is -2.03. The number of aromatic hydroxyl groups is 1. The Morgan fingerprint density at radius 3 is 2.45 bits per heavy atom. The number of halogens is 3. The number of nitrogens with zero attached hydrogens (tertiary/aromatic N) is 1. The zero-order chi connectivity index (χ0) is 14.3. The lowest BCUT2D eigenvalue weighted by Gasteiger charge is -2.32. The van der Waals surface area contributed by atoms with Crippen LogP contribution in [0, 0.1) is 0 Å². The van der Waals surface area contributed by atoms with Gasteiger partial charge in [0.15, 0.2) is 0 Å². The SMILES string of the molecule is Oc1ccc(CN2CC3CCC(C2)O3)cc1C(F)(F)F. The maximum atomic E-state index is 12.7. The first-order chi connectivity index (χ1) is 9.41. The van der Waals surface area contributed by atoms with Crippen molar-refractivity contribution in [3.63, 3.8) is 0 Å². The zero-order valence-corrected chi connectivity index (χ0v) is 10.9. The fourth-order valence-electron chi connectivity index (χ4n) is 3.00. The Bertz CT molecular complexity index is 492. The number of likely N-dealkylation sites (tertiary alicyclic amines) is 1. The van der Waals surface area contributed by atoms with Crippen LogP contribution in [0.3, 0.4) is 0 Å². The van der Waals surface area contributed by atoms with Gasteiger partial charge in [0.2, 0.25) is 0 Å². The van der Waals surface area contributed by atoms with Crippen molar-refractivity contribution >= 4 is 0 Å². The Balaban J connectivity index is 1.75. The first-order valence-electron chi connectivity index (χ1n) is 6.69. The molecular weight excluding hydrogens is 271 g/mol. The molecule has 0 spiro atoms. The Labute approximate surface area is 115 Å². The van der Waals surface area contributed by atoms with Crippen molar-refractivity contribution in [2.45, 2.75) is 37.8 Å². The second kappa shape index (κ2) is 4.93. The average molecular weight is 287 g/mol. The standard InChI is InChI=1S/C14H16F3NO2/c15-14(16,17)12-5-9(1-4-13(12)19)6-18-7-10-2-3-11(8-18)20-10/h1,4-5,10-11,19H,2-3,6-8H2. The molecule has 2 heterocycles. The van der Waals surface area contributed by atoms with Crippen LogP contribution >= 0.6 is 0 Å². The summed E-state index contributed by atoms with van der Waals surface area (Å²) >= 11 is 0. The minimum absolute atomic E-state index is 0.216. The molecule has 2 aliphatic rings.